The summed E-state index contributed by atoms with van der Waals surface area (Å²) in [4.78, 5) is 0. The highest BCUT2D eigenvalue weighted by Crippen LogP contribution is 2.26. The molecule has 170 valence electrons. The first-order valence-corrected chi connectivity index (χ1v) is 12.9. The summed E-state index contributed by atoms with van der Waals surface area (Å²) in [6.07, 6.45) is 3.98. The van der Waals surface area contributed by atoms with Gasteiger partial charge in [-0.15, -0.1) is 0 Å². The molecule has 0 N–H and O–H groups in total. The zero-order chi connectivity index (χ0) is 23.9. The van der Waals surface area contributed by atoms with E-state index in [9.17, 15) is 0 Å². The van der Waals surface area contributed by atoms with E-state index in [-0.39, 0.29) is 0 Å². The van der Waals surface area contributed by atoms with Crippen molar-refractivity contribution in [3.05, 3.63) is 142 Å². The normalized spacial score (nSPS) is 10.8. The molecule has 4 aromatic rings. The minimum absolute atomic E-state index is 0.974. The summed E-state index contributed by atoms with van der Waals surface area (Å²) in [5.74, 6) is 0. The zero-order valence-electron chi connectivity index (χ0n) is 19.9. The second-order valence-electron chi connectivity index (χ2n) is 8.97. The molecule has 0 aromatic heterocycles. The lowest BCUT2D eigenvalue weighted by molar-refractivity contribution is 1.02. The first-order chi connectivity index (χ1) is 16.5. The quantitative estimate of drug-likeness (QED) is 0.181. The third kappa shape index (κ3) is 6.57. The Morgan fingerprint density at radius 2 is 0.941 bits per heavy atom. The number of hydrogen-bond acceptors (Lipinski definition) is 0. The standard InChI is InChI=1S/C33H31I/c1-24-4-14-29(15-5-24)25(2)6-8-27-10-16-31(17-11-27)32-20-18-30(19-21-32)26(3)7-9-28-12-22-33(34)23-13-28/h4-5,10-23H,2-3,6-9H2,1H3. The van der Waals surface area contributed by atoms with E-state index in [1.54, 1.807) is 0 Å². The van der Waals surface area contributed by atoms with Gasteiger partial charge in [0.1, 0.15) is 0 Å². The molecule has 0 nitrogen and oxygen atoms in total. The molecule has 0 aliphatic rings. The van der Waals surface area contributed by atoms with Crippen molar-refractivity contribution >= 4 is 33.7 Å². The third-order valence-corrected chi connectivity index (χ3v) is 7.10. The molecule has 0 fully saturated rings. The van der Waals surface area contributed by atoms with Crippen molar-refractivity contribution in [2.45, 2.75) is 32.6 Å². The zero-order valence-corrected chi connectivity index (χ0v) is 22.0. The second-order valence-corrected chi connectivity index (χ2v) is 10.2. The summed E-state index contributed by atoms with van der Waals surface area (Å²) in [7, 11) is 0. The van der Waals surface area contributed by atoms with Crippen LogP contribution in [0.3, 0.4) is 0 Å². The molecule has 34 heavy (non-hydrogen) atoms. The molecule has 0 saturated carbocycles. The Morgan fingerprint density at radius 1 is 0.559 bits per heavy atom. The van der Waals surface area contributed by atoms with Crippen LogP contribution in [0.2, 0.25) is 0 Å². The van der Waals surface area contributed by atoms with E-state index in [2.05, 4.69) is 140 Å². The summed E-state index contributed by atoms with van der Waals surface area (Å²) in [5.41, 5.74) is 11.3. The average Bonchev–Trinajstić information content (AvgIpc) is 2.87. The maximum atomic E-state index is 4.32. The van der Waals surface area contributed by atoms with Crippen LogP contribution in [0, 0.1) is 10.5 Å². The molecule has 0 bridgehead atoms. The van der Waals surface area contributed by atoms with Crippen LogP contribution < -0.4 is 0 Å². The molecule has 0 aliphatic heterocycles. The molecule has 0 unspecified atom stereocenters. The van der Waals surface area contributed by atoms with Gasteiger partial charge in [0.25, 0.3) is 0 Å². The van der Waals surface area contributed by atoms with Crippen LogP contribution in [-0.2, 0) is 12.8 Å². The molecule has 4 rings (SSSR count). The number of aryl methyl sites for hydroxylation is 3. The van der Waals surface area contributed by atoms with Crippen molar-refractivity contribution in [1.29, 1.82) is 0 Å². The molecule has 0 spiro atoms. The molecule has 0 atom stereocenters. The number of hydrogen-bond donors (Lipinski definition) is 0. The molecule has 1 heteroatoms. The van der Waals surface area contributed by atoms with E-state index in [1.807, 2.05) is 0 Å². The summed E-state index contributed by atoms with van der Waals surface area (Å²) >= 11 is 2.35. The summed E-state index contributed by atoms with van der Waals surface area (Å²) in [6.45, 7) is 10.7. The van der Waals surface area contributed by atoms with E-state index in [4.69, 9.17) is 0 Å². The summed E-state index contributed by atoms with van der Waals surface area (Å²) < 4.78 is 1.27. The Hall–Kier alpha value is -2.91. The SMILES string of the molecule is C=C(CCc1ccc(-c2ccc(C(=C)CCc3ccc(I)cc3)cc2)cc1)c1ccc(C)cc1. The largest absolute Gasteiger partial charge is 0.0952 e. The highest BCUT2D eigenvalue weighted by atomic mass is 127. The van der Waals surface area contributed by atoms with Crippen LogP contribution in [0.15, 0.2) is 110 Å². The molecular weight excluding hydrogens is 523 g/mol. The molecule has 0 saturated heterocycles. The predicted octanol–water partition coefficient (Wildman–Crippen LogP) is 9.56. The van der Waals surface area contributed by atoms with Crippen LogP contribution >= 0.6 is 22.6 Å². The van der Waals surface area contributed by atoms with Gasteiger partial charge in [-0.1, -0.05) is 104 Å². The van der Waals surface area contributed by atoms with Gasteiger partial charge in [0.2, 0.25) is 0 Å². The van der Waals surface area contributed by atoms with Crippen LogP contribution in [0.25, 0.3) is 22.3 Å². The molecule has 0 aliphatic carbocycles. The van der Waals surface area contributed by atoms with Crippen molar-refractivity contribution in [2.24, 2.45) is 0 Å². The monoisotopic (exact) mass is 554 g/mol. The lowest BCUT2D eigenvalue weighted by Gasteiger charge is -2.10. The average molecular weight is 555 g/mol. The fraction of sp³-hybridized carbons (Fsp3) is 0.152. The predicted molar refractivity (Wildman–Crippen MR) is 157 cm³/mol. The van der Waals surface area contributed by atoms with Gasteiger partial charge in [0.05, 0.1) is 0 Å². The lowest BCUT2D eigenvalue weighted by Crippen LogP contribution is -1.90. The fourth-order valence-corrected chi connectivity index (χ4v) is 4.44. The van der Waals surface area contributed by atoms with E-state index < -0.39 is 0 Å². The Labute approximate surface area is 218 Å². The van der Waals surface area contributed by atoms with Crippen molar-refractivity contribution in [3.63, 3.8) is 0 Å². The first-order valence-electron chi connectivity index (χ1n) is 11.8. The fourth-order valence-electron chi connectivity index (χ4n) is 4.08. The number of rotatable bonds is 9. The maximum Gasteiger partial charge on any atom is 0.0130 e. The van der Waals surface area contributed by atoms with Gasteiger partial charge in [0.15, 0.2) is 0 Å². The van der Waals surface area contributed by atoms with Gasteiger partial charge in [-0.2, -0.15) is 0 Å². The van der Waals surface area contributed by atoms with Gasteiger partial charge in [-0.25, -0.2) is 0 Å². The van der Waals surface area contributed by atoms with Gasteiger partial charge >= 0.3 is 0 Å². The molecule has 4 aromatic carbocycles. The minimum atomic E-state index is 0.974. The minimum Gasteiger partial charge on any atom is -0.0952 e. The second kappa shape index (κ2) is 11.5. The van der Waals surface area contributed by atoms with Gasteiger partial charge in [-0.3, -0.25) is 0 Å². The van der Waals surface area contributed by atoms with Crippen LogP contribution in [0.5, 0.6) is 0 Å². The topological polar surface area (TPSA) is 0 Å². The van der Waals surface area contributed by atoms with Crippen molar-refractivity contribution in [1.82, 2.24) is 0 Å². The smallest absolute Gasteiger partial charge is 0.0130 e. The Balaban J connectivity index is 1.31. The number of allylic oxidation sites excluding steroid dienone is 2. The van der Waals surface area contributed by atoms with E-state index in [1.165, 1.54) is 53.7 Å². The van der Waals surface area contributed by atoms with Crippen molar-refractivity contribution < 1.29 is 0 Å². The maximum absolute atomic E-state index is 4.32. The molecule has 0 heterocycles. The highest BCUT2D eigenvalue weighted by molar-refractivity contribution is 14.1. The first kappa shape index (κ1) is 24.2. The highest BCUT2D eigenvalue weighted by Gasteiger charge is 2.04. The van der Waals surface area contributed by atoms with Gasteiger partial charge < -0.3 is 0 Å². The molecular formula is C33H31I. The molecule has 0 radical (unpaired) electrons. The Bertz CT molecular complexity index is 1240. The van der Waals surface area contributed by atoms with Crippen molar-refractivity contribution in [2.75, 3.05) is 0 Å². The number of benzene rings is 4. The van der Waals surface area contributed by atoms with Crippen LogP contribution in [-0.4, -0.2) is 0 Å². The van der Waals surface area contributed by atoms with E-state index in [0.717, 1.165) is 25.7 Å². The van der Waals surface area contributed by atoms with Crippen LogP contribution in [0.4, 0.5) is 0 Å². The summed E-state index contributed by atoms with van der Waals surface area (Å²) in [6, 6.07) is 35.1. The molecule has 0 amide bonds. The lowest BCUT2D eigenvalue weighted by atomic mass is 9.96. The van der Waals surface area contributed by atoms with Gasteiger partial charge in [-0.05, 0) is 112 Å². The number of halogens is 1. The Kier molecular flexibility index (Phi) is 8.18. The Morgan fingerprint density at radius 3 is 1.41 bits per heavy atom. The van der Waals surface area contributed by atoms with Gasteiger partial charge in [0, 0.05) is 3.57 Å². The third-order valence-electron chi connectivity index (χ3n) is 6.38. The van der Waals surface area contributed by atoms with Crippen LogP contribution in [0.1, 0.15) is 40.7 Å². The van der Waals surface area contributed by atoms with Crippen molar-refractivity contribution in [3.8, 4) is 11.1 Å². The van der Waals surface area contributed by atoms with E-state index >= 15 is 0 Å². The van der Waals surface area contributed by atoms with E-state index in [0.29, 0.717) is 0 Å². The summed E-state index contributed by atoms with van der Waals surface area (Å²) in [5, 5.41) is 0.